The number of ether oxygens (including phenoxy) is 1. The molecule has 5 nitrogen and oxygen atoms in total. The Bertz CT molecular complexity index is 655. The molecule has 2 aliphatic rings. The normalized spacial score (nSPS) is 17.0. The van der Waals surface area contributed by atoms with Gasteiger partial charge in [0, 0.05) is 38.5 Å². The third kappa shape index (κ3) is 4.19. The highest BCUT2D eigenvalue weighted by atomic mass is 16.5. The smallest absolute Gasteiger partial charge is 0.227 e. The summed E-state index contributed by atoms with van der Waals surface area (Å²) in [6, 6.07) is 6.06. The molecule has 2 aliphatic heterocycles. The largest absolute Gasteiger partial charge is 0.493 e. The van der Waals surface area contributed by atoms with Crippen LogP contribution in [0.15, 0.2) is 18.2 Å². The zero-order valence-corrected chi connectivity index (χ0v) is 16.0. The summed E-state index contributed by atoms with van der Waals surface area (Å²) < 4.78 is 5.53. The van der Waals surface area contributed by atoms with E-state index in [0.717, 1.165) is 56.7 Å². The van der Waals surface area contributed by atoms with E-state index < -0.39 is 0 Å². The zero-order chi connectivity index (χ0) is 18.5. The number of hydrogen-bond acceptors (Lipinski definition) is 3. The number of fused-ring (bicyclic) bond motifs is 1. The first kappa shape index (κ1) is 18.7. The lowest BCUT2D eigenvalue weighted by Gasteiger charge is -2.25. The standard InChI is InChI=1S/C21H30N2O3/c1-3-17(4-2)21(25)23-10-5-9-22(11-12-23)20(24)15-16-6-7-19-18(14-16)8-13-26-19/h6-7,14,17H,3-5,8-13,15H2,1-2H3. The van der Waals surface area contributed by atoms with E-state index in [-0.39, 0.29) is 17.7 Å². The number of rotatable bonds is 5. The molecule has 0 radical (unpaired) electrons. The summed E-state index contributed by atoms with van der Waals surface area (Å²) in [5.41, 5.74) is 2.25. The topological polar surface area (TPSA) is 49.9 Å². The van der Waals surface area contributed by atoms with Gasteiger partial charge in [-0.05, 0) is 36.5 Å². The summed E-state index contributed by atoms with van der Waals surface area (Å²) in [6.45, 7) is 7.66. The maximum absolute atomic E-state index is 12.7. The van der Waals surface area contributed by atoms with E-state index in [4.69, 9.17) is 4.74 Å². The summed E-state index contributed by atoms with van der Waals surface area (Å²) in [5.74, 6) is 1.47. The molecule has 2 heterocycles. The number of nitrogens with zero attached hydrogens (tertiary/aromatic N) is 2. The van der Waals surface area contributed by atoms with E-state index in [2.05, 4.69) is 19.9 Å². The fourth-order valence-electron chi connectivity index (χ4n) is 3.92. The summed E-state index contributed by atoms with van der Waals surface area (Å²) in [5, 5.41) is 0. The Morgan fingerprint density at radius 3 is 2.58 bits per heavy atom. The van der Waals surface area contributed by atoms with Gasteiger partial charge >= 0.3 is 0 Å². The van der Waals surface area contributed by atoms with Crippen molar-refractivity contribution in [3.05, 3.63) is 29.3 Å². The van der Waals surface area contributed by atoms with Crippen molar-refractivity contribution < 1.29 is 14.3 Å². The SMILES string of the molecule is CCC(CC)C(=O)N1CCCN(C(=O)Cc2ccc3c(c2)CCO3)CC1. The number of carbonyl (C=O) groups is 2. The van der Waals surface area contributed by atoms with Crippen molar-refractivity contribution in [2.75, 3.05) is 32.8 Å². The summed E-state index contributed by atoms with van der Waals surface area (Å²) >= 11 is 0. The lowest BCUT2D eigenvalue weighted by molar-refractivity contribution is -0.136. The van der Waals surface area contributed by atoms with Gasteiger partial charge in [-0.3, -0.25) is 9.59 Å². The summed E-state index contributed by atoms with van der Waals surface area (Å²) in [4.78, 5) is 29.2. The number of carbonyl (C=O) groups excluding carboxylic acids is 2. The van der Waals surface area contributed by atoms with Crippen molar-refractivity contribution in [1.29, 1.82) is 0 Å². The maximum Gasteiger partial charge on any atom is 0.227 e. The van der Waals surface area contributed by atoms with Crippen LogP contribution in [0.5, 0.6) is 5.75 Å². The molecule has 0 aromatic heterocycles. The average Bonchev–Trinajstić information content (AvgIpc) is 2.96. The Labute approximate surface area is 156 Å². The number of benzene rings is 1. The lowest BCUT2D eigenvalue weighted by atomic mass is 10.0. The molecule has 3 rings (SSSR count). The summed E-state index contributed by atoms with van der Waals surface area (Å²) in [6.07, 6.45) is 3.98. The number of amides is 2. The Morgan fingerprint density at radius 1 is 1.08 bits per heavy atom. The fraction of sp³-hybridized carbons (Fsp3) is 0.619. The highest BCUT2D eigenvalue weighted by Gasteiger charge is 2.25. The molecule has 0 saturated carbocycles. The molecule has 0 aliphatic carbocycles. The van der Waals surface area contributed by atoms with Gasteiger partial charge in [-0.15, -0.1) is 0 Å². The van der Waals surface area contributed by atoms with Gasteiger partial charge in [0.25, 0.3) is 0 Å². The van der Waals surface area contributed by atoms with Crippen molar-refractivity contribution in [3.63, 3.8) is 0 Å². The second-order valence-corrected chi connectivity index (χ2v) is 7.29. The van der Waals surface area contributed by atoms with Crippen LogP contribution in [-0.4, -0.2) is 54.4 Å². The van der Waals surface area contributed by atoms with E-state index in [9.17, 15) is 9.59 Å². The minimum Gasteiger partial charge on any atom is -0.493 e. The molecule has 1 saturated heterocycles. The summed E-state index contributed by atoms with van der Waals surface area (Å²) in [7, 11) is 0. The quantitative estimate of drug-likeness (QED) is 0.813. The first-order valence-corrected chi connectivity index (χ1v) is 9.93. The van der Waals surface area contributed by atoms with Crippen LogP contribution in [0.4, 0.5) is 0 Å². The molecular formula is C21H30N2O3. The Morgan fingerprint density at radius 2 is 1.81 bits per heavy atom. The first-order chi connectivity index (χ1) is 12.6. The molecule has 1 fully saturated rings. The lowest BCUT2D eigenvalue weighted by Crippen LogP contribution is -2.40. The molecule has 0 bridgehead atoms. The Balaban J connectivity index is 1.56. The van der Waals surface area contributed by atoms with Gasteiger partial charge in [0.1, 0.15) is 5.75 Å². The van der Waals surface area contributed by atoms with E-state index in [1.807, 2.05) is 21.9 Å². The van der Waals surface area contributed by atoms with Crippen LogP contribution in [0.2, 0.25) is 0 Å². The van der Waals surface area contributed by atoms with Crippen LogP contribution in [0.25, 0.3) is 0 Å². The molecule has 142 valence electrons. The molecule has 1 aromatic rings. The van der Waals surface area contributed by atoms with Crippen molar-refractivity contribution in [2.45, 2.75) is 46.0 Å². The monoisotopic (exact) mass is 358 g/mol. The van der Waals surface area contributed by atoms with Gasteiger partial charge in [-0.1, -0.05) is 26.0 Å². The van der Waals surface area contributed by atoms with Crippen LogP contribution in [0, 0.1) is 5.92 Å². The Kier molecular flexibility index (Phi) is 6.17. The fourth-order valence-corrected chi connectivity index (χ4v) is 3.92. The third-order valence-corrected chi connectivity index (χ3v) is 5.60. The second-order valence-electron chi connectivity index (χ2n) is 7.29. The van der Waals surface area contributed by atoms with Crippen LogP contribution in [-0.2, 0) is 22.4 Å². The van der Waals surface area contributed by atoms with E-state index in [1.54, 1.807) is 0 Å². The predicted octanol–water partition coefficient (Wildman–Crippen LogP) is 2.66. The van der Waals surface area contributed by atoms with Crippen LogP contribution < -0.4 is 4.74 Å². The molecule has 5 heteroatoms. The van der Waals surface area contributed by atoms with Crippen molar-refractivity contribution >= 4 is 11.8 Å². The maximum atomic E-state index is 12.7. The molecule has 0 atom stereocenters. The van der Waals surface area contributed by atoms with Crippen LogP contribution in [0.3, 0.4) is 0 Å². The van der Waals surface area contributed by atoms with Crippen molar-refractivity contribution in [3.8, 4) is 5.75 Å². The highest BCUT2D eigenvalue weighted by Crippen LogP contribution is 2.26. The predicted molar refractivity (Wildman–Crippen MR) is 101 cm³/mol. The van der Waals surface area contributed by atoms with Crippen LogP contribution in [0.1, 0.15) is 44.2 Å². The zero-order valence-electron chi connectivity index (χ0n) is 16.0. The minimum atomic E-state index is 0.117. The van der Waals surface area contributed by atoms with Crippen molar-refractivity contribution in [2.24, 2.45) is 5.92 Å². The van der Waals surface area contributed by atoms with Gasteiger partial charge in [0.15, 0.2) is 0 Å². The van der Waals surface area contributed by atoms with Gasteiger partial charge in [-0.2, -0.15) is 0 Å². The first-order valence-electron chi connectivity index (χ1n) is 9.93. The van der Waals surface area contributed by atoms with E-state index >= 15 is 0 Å². The molecule has 26 heavy (non-hydrogen) atoms. The second kappa shape index (κ2) is 8.56. The molecule has 0 N–H and O–H groups in total. The van der Waals surface area contributed by atoms with Gasteiger partial charge in [0.05, 0.1) is 13.0 Å². The minimum absolute atomic E-state index is 0.117. The van der Waals surface area contributed by atoms with Gasteiger partial charge in [-0.25, -0.2) is 0 Å². The molecule has 1 aromatic carbocycles. The third-order valence-electron chi connectivity index (χ3n) is 5.60. The van der Waals surface area contributed by atoms with E-state index in [1.165, 1.54) is 5.56 Å². The average molecular weight is 358 g/mol. The van der Waals surface area contributed by atoms with E-state index in [0.29, 0.717) is 19.5 Å². The molecular weight excluding hydrogens is 328 g/mol. The van der Waals surface area contributed by atoms with Gasteiger partial charge < -0.3 is 14.5 Å². The van der Waals surface area contributed by atoms with Gasteiger partial charge in [0.2, 0.25) is 11.8 Å². The molecule has 0 unspecified atom stereocenters. The molecule has 2 amide bonds. The Hall–Kier alpha value is -2.04. The van der Waals surface area contributed by atoms with Crippen molar-refractivity contribution in [1.82, 2.24) is 9.80 Å². The molecule has 0 spiro atoms. The highest BCUT2D eigenvalue weighted by molar-refractivity contribution is 5.80. The number of hydrogen-bond donors (Lipinski definition) is 0. The van der Waals surface area contributed by atoms with Crippen LogP contribution >= 0.6 is 0 Å².